The molecule has 0 spiro atoms. The summed E-state index contributed by atoms with van der Waals surface area (Å²) in [6.45, 7) is 7.63. The molecule has 3 heteroatoms. The second kappa shape index (κ2) is 6.00. The molecule has 0 aromatic heterocycles. The lowest BCUT2D eigenvalue weighted by Crippen LogP contribution is -2.42. The van der Waals surface area contributed by atoms with Crippen LogP contribution in [0.2, 0.25) is 0 Å². The Morgan fingerprint density at radius 2 is 2.07 bits per heavy atom. The SMILES string of the molecule is C[C@@H]1CC[C@H](NC[C@H](C)[S@@](C)=O)[C@H](C)C1. The first-order valence-electron chi connectivity index (χ1n) is 6.06. The average molecular weight is 231 g/mol. The smallest absolute Gasteiger partial charge is 0.0441 e. The molecule has 0 aromatic carbocycles. The third-order valence-corrected chi connectivity index (χ3v) is 4.97. The molecule has 0 amide bonds. The Balaban J connectivity index is 2.29. The summed E-state index contributed by atoms with van der Waals surface area (Å²) in [6, 6.07) is 0.646. The fourth-order valence-electron chi connectivity index (χ4n) is 2.40. The Bertz CT molecular complexity index is 220. The molecular weight excluding hydrogens is 206 g/mol. The molecular formula is C12H25NOS. The minimum absolute atomic E-state index is 0.275. The van der Waals surface area contributed by atoms with Crippen molar-refractivity contribution in [2.24, 2.45) is 11.8 Å². The lowest BCUT2D eigenvalue weighted by Gasteiger charge is -2.33. The molecule has 1 saturated carbocycles. The largest absolute Gasteiger partial charge is 0.313 e. The van der Waals surface area contributed by atoms with E-state index in [-0.39, 0.29) is 5.25 Å². The van der Waals surface area contributed by atoms with E-state index in [1.807, 2.05) is 0 Å². The topological polar surface area (TPSA) is 29.1 Å². The zero-order valence-electron chi connectivity index (χ0n) is 10.5. The Hall–Kier alpha value is 0.110. The van der Waals surface area contributed by atoms with Gasteiger partial charge in [0.1, 0.15) is 0 Å². The molecule has 1 aliphatic rings. The predicted molar refractivity (Wildman–Crippen MR) is 67.5 cm³/mol. The summed E-state index contributed by atoms with van der Waals surface area (Å²) in [7, 11) is -0.695. The van der Waals surface area contributed by atoms with Crippen LogP contribution in [0.25, 0.3) is 0 Å². The van der Waals surface area contributed by atoms with Crippen molar-refractivity contribution in [2.75, 3.05) is 12.8 Å². The summed E-state index contributed by atoms with van der Waals surface area (Å²) in [5, 5.41) is 3.85. The fourth-order valence-corrected chi connectivity index (χ4v) is 2.73. The van der Waals surface area contributed by atoms with Gasteiger partial charge in [0.25, 0.3) is 0 Å². The molecule has 1 rings (SSSR count). The first-order valence-corrected chi connectivity index (χ1v) is 7.68. The van der Waals surface area contributed by atoms with Crippen molar-refractivity contribution in [3.05, 3.63) is 0 Å². The minimum Gasteiger partial charge on any atom is -0.313 e. The number of hydrogen-bond donors (Lipinski definition) is 1. The summed E-state index contributed by atoms with van der Waals surface area (Å²) in [6.07, 6.45) is 5.75. The van der Waals surface area contributed by atoms with Crippen LogP contribution in [-0.2, 0) is 10.8 Å². The third-order valence-electron chi connectivity index (χ3n) is 3.67. The highest BCUT2D eigenvalue weighted by Gasteiger charge is 2.25. The zero-order chi connectivity index (χ0) is 11.4. The summed E-state index contributed by atoms with van der Waals surface area (Å²) in [4.78, 5) is 0. The monoisotopic (exact) mass is 231 g/mol. The quantitative estimate of drug-likeness (QED) is 0.803. The minimum atomic E-state index is -0.695. The molecule has 5 atom stereocenters. The lowest BCUT2D eigenvalue weighted by atomic mass is 9.80. The maximum absolute atomic E-state index is 11.2. The fraction of sp³-hybridized carbons (Fsp3) is 1.00. The van der Waals surface area contributed by atoms with Gasteiger partial charge in [-0.1, -0.05) is 13.8 Å². The molecule has 0 heterocycles. The molecule has 0 aliphatic heterocycles. The van der Waals surface area contributed by atoms with Gasteiger partial charge in [-0.3, -0.25) is 4.21 Å². The van der Waals surface area contributed by atoms with Crippen molar-refractivity contribution < 1.29 is 4.21 Å². The molecule has 0 unspecified atom stereocenters. The number of hydrogen-bond acceptors (Lipinski definition) is 2. The van der Waals surface area contributed by atoms with Gasteiger partial charge in [-0.25, -0.2) is 0 Å². The van der Waals surface area contributed by atoms with E-state index in [1.165, 1.54) is 19.3 Å². The van der Waals surface area contributed by atoms with E-state index in [2.05, 4.69) is 26.1 Å². The van der Waals surface area contributed by atoms with Gasteiger partial charge in [0.2, 0.25) is 0 Å². The average Bonchev–Trinajstić information content (AvgIpc) is 2.15. The van der Waals surface area contributed by atoms with Crippen molar-refractivity contribution in [1.29, 1.82) is 0 Å². The van der Waals surface area contributed by atoms with Gasteiger partial charge in [0.15, 0.2) is 0 Å². The molecule has 0 radical (unpaired) electrons. The maximum Gasteiger partial charge on any atom is 0.0441 e. The molecule has 2 nitrogen and oxygen atoms in total. The molecule has 0 aromatic rings. The van der Waals surface area contributed by atoms with E-state index in [9.17, 15) is 4.21 Å². The highest BCUT2D eigenvalue weighted by atomic mass is 32.2. The molecule has 1 aliphatic carbocycles. The summed E-state index contributed by atoms with van der Waals surface area (Å²) in [5.41, 5.74) is 0. The Kier molecular flexibility index (Phi) is 5.27. The van der Waals surface area contributed by atoms with Gasteiger partial charge in [-0.2, -0.15) is 0 Å². The van der Waals surface area contributed by atoms with Crippen LogP contribution < -0.4 is 5.32 Å². The van der Waals surface area contributed by atoms with Crippen LogP contribution >= 0.6 is 0 Å². The molecule has 1 fully saturated rings. The Morgan fingerprint density at radius 1 is 1.40 bits per heavy atom. The van der Waals surface area contributed by atoms with Crippen molar-refractivity contribution in [2.45, 2.75) is 51.3 Å². The van der Waals surface area contributed by atoms with Crippen LogP contribution in [0, 0.1) is 11.8 Å². The van der Waals surface area contributed by atoms with E-state index in [1.54, 1.807) is 6.26 Å². The van der Waals surface area contributed by atoms with Crippen molar-refractivity contribution in [3.63, 3.8) is 0 Å². The number of rotatable bonds is 4. The van der Waals surface area contributed by atoms with Gasteiger partial charge >= 0.3 is 0 Å². The van der Waals surface area contributed by atoms with Crippen molar-refractivity contribution >= 4 is 10.8 Å². The van der Waals surface area contributed by atoms with Gasteiger partial charge in [0.05, 0.1) is 0 Å². The summed E-state index contributed by atoms with van der Waals surface area (Å²) in [5.74, 6) is 1.65. The van der Waals surface area contributed by atoms with Gasteiger partial charge < -0.3 is 5.32 Å². The summed E-state index contributed by atoms with van der Waals surface area (Å²) < 4.78 is 11.2. The highest BCUT2D eigenvalue weighted by molar-refractivity contribution is 7.84. The first-order chi connectivity index (χ1) is 7.00. The van der Waals surface area contributed by atoms with E-state index < -0.39 is 10.8 Å². The molecule has 15 heavy (non-hydrogen) atoms. The lowest BCUT2D eigenvalue weighted by molar-refractivity contribution is 0.229. The number of nitrogens with one attached hydrogen (secondary N) is 1. The van der Waals surface area contributed by atoms with Crippen LogP contribution in [0.15, 0.2) is 0 Å². The van der Waals surface area contributed by atoms with Crippen LogP contribution in [0.4, 0.5) is 0 Å². The normalized spacial score (nSPS) is 36.1. The maximum atomic E-state index is 11.2. The first kappa shape index (κ1) is 13.2. The Labute approximate surface area is 96.7 Å². The second-order valence-corrected chi connectivity index (χ2v) is 7.02. The van der Waals surface area contributed by atoms with E-state index in [0.717, 1.165) is 18.4 Å². The Morgan fingerprint density at radius 3 is 2.60 bits per heavy atom. The summed E-state index contributed by atoms with van der Waals surface area (Å²) >= 11 is 0. The van der Waals surface area contributed by atoms with Crippen molar-refractivity contribution in [1.82, 2.24) is 5.32 Å². The van der Waals surface area contributed by atoms with Gasteiger partial charge in [-0.15, -0.1) is 0 Å². The van der Waals surface area contributed by atoms with E-state index in [4.69, 9.17) is 0 Å². The van der Waals surface area contributed by atoms with Crippen LogP contribution in [-0.4, -0.2) is 28.3 Å². The third kappa shape index (κ3) is 4.23. The standard InChI is InChI=1S/C12H25NOS/c1-9-5-6-12(10(2)7-9)13-8-11(3)15(4)14/h9-13H,5-8H2,1-4H3/t9-,10-,11+,12+,15-/m1/s1. The van der Waals surface area contributed by atoms with Gasteiger partial charge in [-0.05, 0) is 38.0 Å². The predicted octanol–water partition coefficient (Wildman–Crippen LogP) is 2.17. The van der Waals surface area contributed by atoms with E-state index >= 15 is 0 Å². The highest BCUT2D eigenvalue weighted by Crippen LogP contribution is 2.28. The zero-order valence-corrected chi connectivity index (χ0v) is 11.3. The van der Waals surface area contributed by atoms with Crippen LogP contribution in [0.1, 0.15) is 40.0 Å². The van der Waals surface area contributed by atoms with Crippen molar-refractivity contribution in [3.8, 4) is 0 Å². The van der Waals surface area contributed by atoms with Crippen LogP contribution in [0.3, 0.4) is 0 Å². The molecule has 90 valence electrons. The second-order valence-electron chi connectivity index (χ2n) is 5.22. The van der Waals surface area contributed by atoms with Gasteiger partial charge in [0, 0.05) is 34.9 Å². The molecule has 1 N–H and O–H groups in total. The molecule has 0 bridgehead atoms. The van der Waals surface area contributed by atoms with Crippen LogP contribution in [0.5, 0.6) is 0 Å². The van der Waals surface area contributed by atoms with E-state index in [0.29, 0.717) is 6.04 Å². The molecule has 0 saturated heterocycles.